The molecule has 0 unspecified atom stereocenters. The van der Waals surface area contributed by atoms with Crippen LogP contribution in [-0.2, 0) is 13.1 Å². The molecule has 1 heterocycles. The third-order valence-corrected chi connectivity index (χ3v) is 5.53. The fraction of sp³-hybridized carbons (Fsp3) is 0.800. The molecule has 2 rings (SSSR count). The number of hydrogen-bond acceptors (Lipinski definition) is 3. The lowest BCUT2D eigenvalue weighted by molar-refractivity contribution is 0.379. The van der Waals surface area contributed by atoms with Crippen molar-refractivity contribution in [2.24, 2.45) is 0 Å². The van der Waals surface area contributed by atoms with Gasteiger partial charge in [0.05, 0.1) is 6.20 Å². The van der Waals surface area contributed by atoms with Crippen molar-refractivity contribution in [1.29, 1.82) is 0 Å². The van der Waals surface area contributed by atoms with Gasteiger partial charge in [0.25, 0.3) is 0 Å². The second-order valence-electron chi connectivity index (χ2n) is 5.66. The topological polar surface area (TPSA) is 29.9 Å². The van der Waals surface area contributed by atoms with E-state index in [1.54, 1.807) is 0 Å². The van der Waals surface area contributed by atoms with Crippen molar-refractivity contribution in [3.05, 3.63) is 18.0 Å². The van der Waals surface area contributed by atoms with Gasteiger partial charge in [0.2, 0.25) is 0 Å². The Balaban J connectivity index is 1.78. The summed E-state index contributed by atoms with van der Waals surface area (Å²) in [7, 11) is 0. The fourth-order valence-electron chi connectivity index (χ4n) is 2.93. The van der Waals surface area contributed by atoms with E-state index in [-0.39, 0.29) is 0 Å². The SMILES string of the molecule is CCCn1cc(CNCC2(SC)CCCCC2)cn1. The van der Waals surface area contributed by atoms with Gasteiger partial charge in [-0.15, -0.1) is 0 Å². The number of hydrogen-bond donors (Lipinski definition) is 1. The monoisotopic (exact) mass is 281 g/mol. The standard InChI is InChI=1S/C15H27N3S/c1-3-9-18-12-14(11-17-18)10-16-13-15(19-2)7-5-4-6-8-15/h11-12,16H,3-10,13H2,1-2H3. The minimum absolute atomic E-state index is 0.484. The Labute approximate surface area is 121 Å². The highest BCUT2D eigenvalue weighted by molar-refractivity contribution is 8.00. The molecule has 0 spiro atoms. The smallest absolute Gasteiger partial charge is 0.0534 e. The highest BCUT2D eigenvalue weighted by Gasteiger charge is 2.30. The fourth-order valence-corrected chi connectivity index (χ4v) is 3.88. The van der Waals surface area contributed by atoms with Crippen LogP contribution in [0.3, 0.4) is 0 Å². The lowest BCUT2D eigenvalue weighted by atomic mass is 9.88. The van der Waals surface area contributed by atoms with E-state index in [2.05, 4.69) is 41.6 Å². The van der Waals surface area contributed by atoms with Crippen LogP contribution in [0, 0.1) is 0 Å². The van der Waals surface area contributed by atoms with Gasteiger partial charge < -0.3 is 5.32 Å². The van der Waals surface area contributed by atoms with E-state index in [9.17, 15) is 0 Å². The van der Waals surface area contributed by atoms with Gasteiger partial charge in [0.15, 0.2) is 0 Å². The quantitative estimate of drug-likeness (QED) is 0.830. The van der Waals surface area contributed by atoms with Crippen LogP contribution < -0.4 is 5.32 Å². The predicted molar refractivity (Wildman–Crippen MR) is 83.6 cm³/mol. The summed E-state index contributed by atoms with van der Waals surface area (Å²) in [5, 5.41) is 8.02. The average Bonchev–Trinajstić information content (AvgIpc) is 2.88. The van der Waals surface area contributed by atoms with Gasteiger partial charge in [-0.05, 0) is 25.5 Å². The van der Waals surface area contributed by atoms with Gasteiger partial charge in [-0.2, -0.15) is 16.9 Å². The lowest BCUT2D eigenvalue weighted by Gasteiger charge is -2.36. The second kappa shape index (κ2) is 7.34. The van der Waals surface area contributed by atoms with Gasteiger partial charge in [-0.25, -0.2) is 0 Å². The molecular formula is C15H27N3S. The molecule has 1 fully saturated rings. The molecule has 0 radical (unpaired) electrons. The molecule has 108 valence electrons. The van der Waals surface area contributed by atoms with E-state index >= 15 is 0 Å². The maximum absolute atomic E-state index is 4.38. The first-order valence-corrected chi connectivity index (χ1v) is 8.78. The van der Waals surface area contributed by atoms with Crippen molar-refractivity contribution in [2.45, 2.75) is 63.3 Å². The Morgan fingerprint density at radius 1 is 1.37 bits per heavy atom. The molecule has 1 saturated carbocycles. The molecule has 0 aliphatic heterocycles. The van der Waals surface area contributed by atoms with Crippen LogP contribution in [0.25, 0.3) is 0 Å². The summed E-state index contributed by atoms with van der Waals surface area (Å²) in [6, 6.07) is 0. The van der Waals surface area contributed by atoms with Crippen LogP contribution in [0.5, 0.6) is 0 Å². The summed E-state index contributed by atoms with van der Waals surface area (Å²) >= 11 is 2.06. The van der Waals surface area contributed by atoms with Crippen LogP contribution in [0.2, 0.25) is 0 Å². The van der Waals surface area contributed by atoms with Crippen molar-refractivity contribution >= 4 is 11.8 Å². The number of aromatic nitrogens is 2. The molecule has 1 aromatic heterocycles. The van der Waals surface area contributed by atoms with Gasteiger partial charge in [0, 0.05) is 36.1 Å². The highest BCUT2D eigenvalue weighted by atomic mass is 32.2. The van der Waals surface area contributed by atoms with Gasteiger partial charge in [0.1, 0.15) is 0 Å². The van der Waals surface area contributed by atoms with Crippen LogP contribution in [0.4, 0.5) is 0 Å². The molecule has 0 aromatic carbocycles. The Bertz CT molecular complexity index is 369. The van der Waals surface area contributed by atoms with Gasteiger partial charge >= 0.3 is 0 Å². The molecule has 4 heteroatoms. The zero-order valence-electron chi connectivity index (χ0n) is 12.3. The molecule has 1 aliphatic carbocycles. The summed E-state index contributed by atoms with van der Waals surface area (Å²) in [6.45, 7) is 5.29. The molecule has 19 heavy (non-hydrogen) atoms. The molecule has 0 bridgehead atoms. The van der Waals surface area contributed by atoms with E-state index in [1.165, 1.54) is 37.7 Å². The minimum atomic E-state index is 0.484. The van der Waals surface area contributed by atoms with Crippen LogP contribution in [0.1, 0.15) is 51.0 Å². The summed E-state index contributed by atoms with van der Waals surface area (Å²) in [6.07, 6.45) is 14.5. The summed E-state index contributed by atoms with van der Waals surface area (Å²) in [5.74, 6) is 0. The first-order valence-electron chi connectivity index (χ1n) is 7.55. The predicted octanol–water partition coefficient (Wildman–Crippen LogP) is 3.45. The first-order chi connectivity index (χ1) is 9.28. The second-order valence-corrected chi connectivity index (χ2v) is 6.94. The normalized spacial score (nSPS) is 18.6. The van der Waals surface area contributed by atoms with Crippen LogP contribution in [0.15, 0.2) is 12.4 Å². The van der Waals surface area contributed by atoms with Crippen molar-refractivity contribution in [1.82, 2.24) is 15.1 Å². The van der Waals surface area contributed by atoms with Crippen molar-refractivity contribution < 1.29 is 0 Å². The molecule has 0 atom stereocenters. The molecule has 1 N–H and O–H groups in total. The van der Waals surface area contributed by atoms with E-state index in [0.717, 1.165) is 26.1 Å². The van der Waals surface area contributed by atoms with Gasteiger partial charge in [-0.1, -0.05) is 26.2 Å². The molecular weight excluding hydrogens is 254 g/mol. The summed E-state index contributed by atoms with van der Waals surface area (Å²) in [4.78, 5) is 0. The highest BCUT2D eigenvalue weighted by Crippen LogP contribution is 2.37. The van der Waals surface area contributed by atoms with E-state index in [1.807, 2.05) is 10.9 Å². The van der Waals surface area contributed by atoms with Crippen LogP contribution >= 0.6 is 11.8 Å². The maximum Gasteiger partial charge on any atom is 0.0534 e. The number of rotatable bonds is 7. The summed E-state index contributed by atoms with van der Waals surface area (Å²) in [5.41, 5.74) is 1.31. The Morgan fingerprint density at radius 2 is 2.16 bits per heavy atom. The zero-order valence-corrected chi connectivity index (χ0v) is 13.1. The number of thioether (sulfide) groups is 1. The molecule has 1 aliphatic rings. The van der Waals surface area contributed by atoms with Crippen molar-refractivity contribution in [2.75, 3.05) is 12.8 Å². The van der Waals surface area contributed by atoms with Gasteiger partial charge in [-0.3, -0.25) is 4.68 Å². The molecule has 3 nitrogen and oxygen atoms in total. The van der Waals surface area contributed by atoms with Crippen molar-refractivity contribution in [3.63, 3.8) is 0 Å². The van der Waals surface area contributed by atoms with E-state index in [4.69, 9.17) is 0 Å². The molecule has 0 amide bonds. The summed E-state index contributed by atoms with van der Waals surface area (Å²) < 4.78 is 2.53. The Hall–Kier alpha value is -0.480. The van der Waals surface area contributed by atoms with Crippen LogP contribution in [-0.4, -0.2) is 27.3 Å². The minimum Gasteiger partial charge on any atom is -0.311 e. The molecule has 0 saturated heterocycles. The molecule has 1 aromatic rings. The lowest BCUT2D eigenvalue weighted by Crippen LogP contribution is -2.39. The Morgan fingerprint density at radius 3 is 2.84 bits per heavy atom. The van der Waals surface area contributed by atoms with Crippen molar-refractivity contribution in [3.8, 4) is 0 Å². The average molecular weight is 281 g/mol. The maximum atomic E-state index is 4.38. The zero-order chi connectivity index (χ0) is 13.6. The third kappa shape index (κ3) is 4.25. The van der Waals surface area contributed by atoms with E-state index in [0.29, 0.717) is 4.75 Å². The number of nitrogens with one attached hydrogen (secondary N) is 1. The largest absolute Gasteiger partial charge is 0.311 e. The van der Waals surface area contributed by atoms with E-state index < -0.39 is 0 Å². The number of nitrogens with zero attached hydrogens (tertiary/aromatic N) is 2. The third-order valence-electron chi connectivity index (χ3n) is 4.11. The first kappa shape index (κ1) is 14.9. The number of aryl methyl sites for hydroxylation is 1. The Kier molecular flexibility index (Phi) is 5.76.